The van der Waals surface area contributed by atoms with E-state index in [0.717, 1.165) is 6.42 Å². The largest absolute Gasteiger partial charge is 0.214 e. The molecule has 0 nitrogen and oxygen atoms in total. The van der Waals surface area contributed by atoms with Gasteiger partial charge in [0.1, 0.15) is 0 Å². The second kappa shape index (κ2) is 16.7. The SMILES string of the molecule is CC(C)(C)c1ccc([C](=[Zr+2])c2ccc(C(C)(C)C)cc2)cc1.Cl.Cl.[c-]1cccc2c1c1c(c3ccccc32)-c2ccccc2C1.c1cc[cH-]c1. The fourth-order valence-electron chi connectivity index (χ4n) is 6.49. The van der Waals surface area contributed by atoms with Crippen molar-refractivity contribution >= 4 is 49.6 Å². The number of fused-ring (bicyclic) bond motifs is 8. The molecule has 0 radical (unpaired) electrons. The van der Waals surface area contributed by atoms with E-state index in [1.807, 2.05) is 36.4 Å². The van der Waals surface area contributed by atoms with Crippen LogP contribution in [-0.4, -0.2) is 3.21 Å². The molecule has 0 aliphatic heterocycles. The van der Waals surface area contributed by atoms with Crippen molar-refractivity contribution in [2.45, 2.75) is 58.8 Å². The van der Waals surface area contributed by atoms with Crippen molar-refractivity contribution in [2.24, 2.45) is 0 Å². The molecule has 0 fully saturated rings. The van der Waals surface area contributed by atoms with Crippen LogP contribution in [0.3, 0.4) is 0 Å². The second-order valence-corrected chi connectivity index (χ2v) is 15.9. The van der Waals surface area contributed by atoms with E-state index in [9.17, 15) is 0 Å². The molecule has 0 aromatic heterocycles. The molecule has 0 saturated carbocycles. The molecule has 0 amide bonds. The number of halogens is 2. The monoisotopic (exact) mass is 770 g/mol. The van der Waals surface area contributed by atoms with Crippen LogP contribution < -0.4 is 0 Å². The molecule has 8 rings (SSSR count). The van der Waals surface area contributed by atoms with E-state index >= 15 is 0 Å². The molecule has 7 aromatic carbocycles. The van der Waals surface area contributed by atoms with E-state index in [4.69, 9.17) is 0 Å². The fraction of sp³-hybridized carbons (Fsp3) is 0.191. The Morgan fingerprint density at radius 3 is 1.60 bits per heavy atom. The van der Waals surface area contributed by atoms with Crippen LogP contribution in [0.4, 0.5) is 0 Å². The van der Waals surface area contributed by atoms with Gasteiger partial charge < -0.3 is 0 Å². The Morgan fingerprint density at radius 2 is 1.08 bits per heavy atom. The third-order valence-electron chi connectivity index (χ3n) is 9.23. The summed E-state index contributed by atoms with van der Waals surface area (Å²) in [7, 11) is 0. The van der Waals surface area contributed by atoms with Gasteiger partial charge in [-0.15, -0.1) is 65.4 Å². The van der Waals surface area contributed by atoms with Gasteiger partial charge in [-0.05, 0) is 28.5 Å². The smallest absolute Gasteiger partial charge is 0.0240 e. The zero-order valence-corrected chi connectivity index (χ0v) is 34.0. The van der Waals surface area contributed by atoms with Gasteiger partial charge in [0.05, 0.1) is 0 Å². The van der Waals surface area contributed by atoms with Crippen LogP contribution in [0.15, 0.2) is 146 Å². The third-order valence-corrected chi connectivity index (χ3v) is 10.7. The summed E-state index contributed by atoms with van der Waals surface area (Å²) in [6.45, 7) is 13.6. The molecule has 0 heterocycles. The fourth-order valence-corrected chi connectivity index (χ4v) is 7.31. The van der Waals surface area contributed by atoms with Gasteiger partial charge in [-0.25, -0.2) is 12.1 Å². The molecular formula is C47H46Cl2Zr. The van der Waals surface area contributed by atoms with Crippen LogP contribution in [0.2, 0.25) is 0 Å². The minimum Gasteiger partial charge on any atom is -0.214 e. The van der Waals surface area contributed by atoms with Crippen molar-refractivity contribution in [2.75, 3.05) is 0 Å². The molecule has 0 atom stereocenters. The third kappa shape index (κ3) is 8.69. The summed E-state index contributed by atoms with van der Waals surface area (Å²) in [6.07, 6.45) is 1.02. The van der Waals surface area contributed by atoms with Gasteiger partial charge in [-0.2, -0.15) is 18.2 Å². The zero-order valence-electron chi connectivity index (χ0n) is 29.9. The van der Waals surface area contributed by atoms with Gasteiger partial charge in [0.15, 0.2) is 0 Å². The topological polar surface area (TPSA) is 0 Å². The van der Waals surface area contributed by atoms with Gasteiger partial charge in [0, 0.05) is 0 Å². The molecule has 0 unspecified atom stereocenters. The Balaban J connectivity index is 0.000000190. The van der Waals surface area contributed by atoms with Gasteiger partial charge in [-0.1, -0.05) is 53.9 Å². The van der Waals surface area contributed by atoms with Crippen molar-refractivity contribution in [3.63, 3.8) is 0 Å². The minimum absolute atomic E-state index is 0. The predicted octanol–water partition coefficient (Wildman–Crippen LogP) is 13.0. The summed E-state index contributed by atoms with van der Waals surface area (Å²) >= 11 is 1.46. The molecule has 0 bridgehead atoms. The maximum absolute atomic E-state index is 3.48. The molecule has 1 aliphatic carbocycles. The molecule has 0 saturated heterocycles. The molecule has 0 N–H and O–H groups in total. The summed E-state index contributed by atoms with van der Waals surface area (Å²) in [5.74, 6) is 0. The van der Waals surface area contributed by atoms with Gasteiger partial charge in [0.2, 0.25) is 0 Å². The Hall–Kier alpha value is -3.48. The average Bonchev–Trinajstić information content (AvgIpc) is 3.81. The number of hydrogen-bond donors (Lipinski definition) is 0. The molecule has 1 aliphatic rings. The van der Waals surface area contributed by atoms with E-state index < -0.39 is 0 Å². The van der Waals surface area contributed by atoms with E-state index in [2.05, 4.69) is 157 Å². The van der Waals surface area contributed by atoms with E-state index in [1.165, 1.54) is 93.5 Å². The summed E-state index contributed by atoms with van der Waals surface area (Å²) in [5, 5.41) is 5.30. The van der Waals surface area contributed by atoms with Crippen molar-refractivity contribution < 1.29 is 24.2 Å². The molecular weight excluding hydrogens is 727 g/mol. The molecule has 3 heteroatoms. The summed E-state index contributed by atoms with van der Waals surface area (Å²) in [4.78, 5) is 0. The van der Waals surface area contributed by atoms with Gasteiger partial charge in [-0.3, -0.25) is 0 Å². The van der Waals surface area contributed by atoms with Gasteiger partial charge >= 0.3 is 151 Å². The number of benzene rings is 6. The summed E-state index contributed by atoms with van der Waals surface area (Å²) in [6, 6.07) is 55.5. The first kappa shape index (κ1) is 39.3. The first-order valence-electron chi connectivity index (χ1n) is 16.9. The van der Waals surface area contributed by atoms with E-state index in [-0.39, 0.29) is 35.6 Å². The standard InChI is InChI=1S/C21H13.C21H26.C5H5.2ClH.Zr/c1-2-8-15-14(7-1)13-20-18-11-4-3-9-16(18)17-10-5-6-12-19(17)21(15)20;1-20(2,3)18-11-7-16(8-12-18)15-17-9-13-19(14-10-17)21(4,5)6;1-2-4-5-3-1;;;/h1-10,12H,13H2;7-14H,1-6H3;1-5H;2*1H;/q-1;;-1;;;+2. The number of rotatable bonds is 2. The van der Waals surface area contributed by atoms with Crippen molar-refractivity contribution in [1.29, 1.82) is 0 Å². The molecule has 0 spiro atoms. The summed E-state index contributed by atoms with van der Waals surface area (Å²) < 4.78 is 1.42. The zero-order chi connectivity index (χ0) is 33.9. The molecule has 7 aromatic rings. The first-order valence-corrected chi connectivity index (χ1v) is 18.1. The Labute approximate surface area is 326 Å². The van der Waals surface area contributed by atoms with E-state index in [0.29, 0.717) is 0 Å². The number of hydrogen-bond acceptors (Lipinski definition) is 0. The summed E-state index contributed by atoms with van der Waals surface area (Å²) in [5.41, 5.74) is 11.6. The Morgan fingerprint density at radius 1 is 0.580 bits per heavy atom. The van der Waals surface area contributed by atoms with Crippen LogP contribution in [0.25, 0.3) is 32.7 Å². The van der Waals surface area contributed by atoms with Crippen LogP contribution in [0.1, 0.15) is 74.9 Å². The average molecular weight is 773 g/mol. The van der Waals surface area contributed by atoms with Crippen molar-refractivity contribution in [3.05, 3.63) is 185 Å². The van der Waals surface area contributed by atoms with Crippen LogP contribution >= 0.6 is 24.8 Å². The van der Waals surface area contributed by atoms with Crippen molar-refractivity contribution in [3.8, 4) is 11.1 Å². The van der Waals surface area contributed by atoms with Gasteiger partial charge in [0.25, 0.3) is 0 Å². The van der Waals surface area contributed by atoms with E-state index in [1.54, 1.807) is 0 Å². The maximum atomic E-state index is 3.48. The normalized spacial score (nSPS) is 11.5. The quantitative estimate of drug-likeness (QED) is 0.121. The maximum Gasteiger partial charge on any atom is -0.0240 e. The van der Waals surface area contributed by atoms with Crippen LogP contribution in [0.5, 0.6) is 0 Å². The van der Waals surface area contributed by atoms with Crippen molar-refractivity contribution in [1.82, 2.24) is 0 Å². The second-order valence-electron chi connectivity index (χ2n) is 14.7. The van der Waals surface area contributed by atoms with Crippen LogP contribution in [0, 0.1) is 6.07 Å². The Kier molecular flexibility index (Phi) is 13.1. The Bertz CT molecular complexity index is 2080. The molecule has 50 heavy (non-hydrogen) atoms. The minimum atomic E-state index is 0. The molecule has 252 valence electrons. The first-order chi connectivity index (χ1) is 23.0. The predicted molar refractivity (Wildman–Crippen MR) is 219 cm³/mol. The van der Waals surface area contributed by atoms with Crippen LogP contribution in [-0.2, 0) is 41.5 Å².